The van der Waals surface area contributed by atoms with E-state index < -0.39 is 11.7 Å². The number of amides is 1. The summed E-state index contributed by atoms with van der Waals surface area (Å²) in [5.74, 6) is 0. The van der Waals surface area contributed by atoms with Crippen molar-refractivity contribution in [3.63, 3.8) is 0 Å². The van der Waals surface area contributed by atoms with Gasteiger partial charge < -0.3 is 19.5 Å². The Balaban J connectivity index is 1.37. The molecule has 1 N–H and O–H groups in total. The lowest BCUT2D eigenvalue weighted by atomic mass is 10.0. The van der Waals surface area contributed by atoms with E-state index in [1.807, 2.05) is 13.1 Å². The van der Waals surface area contributed by atoms with Gasteiger partial charge in [-0.3, -0.25) is 9.97 Å². The first-order chi connectivity index (χ1) is 17.3. The number of hydrogen-bond donors (Lipinski definition) is 1. The average molecular weight is 485 g/mol. The Morgan fingerprint density at radius 1 is 1.25 bits per heavy atom. The molecule has 1 fully saturated rings. The van der Waals surface area contributed by atoms with Gasteiger partial charge >= 0.3 is 6.09 Å². The Morgan fingerprint density at radius 2 is 2.08 bits per heavy atom. The fourth-order valence-electron chi connectivity index (χ4n) is 4.62. The molecular formula is C26H28N8O2. The van der Waals surface area contributed by atoms with Gasteiger partial charge in [0.05, 0.1) is 17.6 Å². The van der Waals surface area contributed by atoms with Crippen molar-refractivity contribution in [1.82, 2.24) is 19.4 Å². The molecule has 36 heavy (non-hydrogen) atoms. The maximum Gasteiger partial charge on any atom is 0.410 e. The molecule has 0 spiro atoms. The molecule has 1 saturated heterocycles. The number of hydrogen-bond acceptors (Lipinski definition) is 6. The van der Waals surface area contributed by atoms with Gasteiger partial charge in [-0.05, 0) is 61.0 Å². The van der Waals surface area contributed by atoms with Gasteiger partial charge in [0.2, 0.25) is 0 Å². The molecule has 0 radical (unpaired) electrons. The van der Waals surface area contributed by atoms with Crippen LogP contribution in [-0.2, 0) is 11.8 Å². The summed E-state index contributed by atoms with van der Waals surface area (Å²) in [6.07, 6.45) is 5.85. The first kappa shape index (κ1) is 23.4. The smallest absolute Gasteiger partial charge is 0.410 e. The number of ether oxygens (including phenoxy) is 1. The van der Waals surface area contributed by atoms with Crippen LogP contribution in [0.3, 0.4) is 0 Å². The number of anilines is 1. The molecule has 10 nitrogen and oxygen atoms in total. The molecule has 0 aliphatic carbocycles. The van der Waals surface area contributed by atoms with Gasteiger partial charge in [0.25, 0.3) is 0 Å². The first-order valence-electron chi connectivity index (χ1n) is 11.9. The highest BCUT2D eigenvalue weighted by atomic mass is 16.6. The van der Waals surface area contributed by atoms with E-state index >= 15 is 0 Å². The second-order valence-corrected chi connectivity index (χ2v) is 9.74. The zero-order valence-electron chi connectivity index (χ0n) is 20.5. The molecule has 3 heterocycles. The van der Waals surface area contributed by atoms with Gasteiger partial charge in [0, 0.05) is 66.4 Å². The standard InChI is InChI=1S/C26H28N8O2/c1-26(2,16-30-32-27)36-25(35)34-11-7-19(15-34)31-20-13-21(24-22(14-20)28-8-9-29-24)18-5-4-17-6-10-33(3)23(17)12-18/h4-6,8-10,12-14,19,31H,7,11,15-16H2,1-3H3/t19-/m0/s1. The van der Waals surface area contributed by atoms with Crippen LogP contribution in [0.25, 0.3) is 43.5 Å². The van der Waals surface area contributed by atoms with Crippen LogP contribution in [0.15, 0.2) is 60.1 Å². The summed E-state index contributed by atoms with van der Waals surface area (Å²) in [5.41, 5.74) is 13.5. The van der Waals surface area contributed by atoms with Gasteiger partial charge in [-0.15, -0.1) is 0 Å². The van der Waals surface area contributed by atoms with E-state index in [0.717, 1.165) is 39.8 Å². The van der Waals surface area contributed by atoms with E-state index in [1.54, 1.807) is 31.1 Å². The number of fused-ring (bicyclic) bond motifs is 2. The zero-order valence-corrected chi connectivity index (χ0v) is 20.5. The Labute approximate surface area is 208 Å². The Kier molecular flexibility index (Phi) is 6.12. The number of likely N-dealkylation sites (tertiary alicyclic amines) is 1. The third-order valence-corrected chi connectivity index (χ3v) is 6.47. The molecule has 10 heteroatoms. The summed E-state index contributed by atoms with van der Waals surface area (Å²) < 4.78 is 7.68. The molecule has 1 atom stereocenters. The maximum absolute atomic E-state index is 12.7. The monoisotopic (exact) mass is 484 g/mol. The molecule has 1 aliphatic heterocycles. The summed E-state index contributed by atoms with van der Waals surface area (Å²) in [7, 11) is 2.04. The predicted octanol–water partition coefficient (Wildman–Crippen LogP) is 5.50. The van der Waals surface area contributed by atoms with Gasteiger partial charge in [0.1, 0.15) is 5.60 Å². The van der Waals surface area contributed by atoms with Crippen LogP contribution in [0.5, 0.6) is 0 Å². The van der Waals surface area contributed by atoms with Crippen molar-refractivity contribution in [2.75, 3.05) is 25.0 Å². The van der Waals surface area contributed by atoms with Crippen LogP contribution >= 0.6 is 0 Å². The second-order valence-electron chi connectivity index (χ2n) is 9.74. The molecule has 4 aromatic rings. The van der Waals surface area contributed by atoms with Gasteiger partial charge in [-0.1, -0.05) is 17.2 Å². The lowest BCUT2D eigenvalue weighted by Crippen LogP contribution is -2.39. The topological polar surface area (TPSA) is 121 Å². The van der Waals surface area contributed by atoms with E-state index in [1.165, 1.54) is 5.39 Å². The number of carbonyl (C=O) groups excluding carboxylic acids is 1. The first-order valence-corrected chi connectivity index (χ1v) is 11.9. The van der Waals surface area contributed by atoms with Crippen molar-refractivity contribution in [3.05, 3.63) is 65.4 Å². The lowest BCUT2D eigenvalue weighted by Gasteiger charge is -2.26. The summed E-state index contributed by atoms with van der Waals surface area (Å²) in [6, 6.07) is 12.7. The molecule has 2 aromatic carbocycles. The third kappa shape index (κ3) is 4.76. The molecule has 2 aromatic heterocycles. The Morgan fingerprint density at radius 3 is 2.92 bits per heavy atom. The quantitative estimate of drug-likeness (QED) is 0.220. The second kappa shape index (κ2) is 9.39. The minimum atomic E-state index is -0.861. The van der Waals surface area contributed by atoms with Crippen molar-refractivity contribution in [3.8, 4) is 11.1 Å². The van der Waals surface area contributed by atoms with Gasteiger partial charge in [-0.2, -0.15) is 0 Å². The third-order valence-electron chi connectivity index (χ3n) is 6.47. The molecule has 1 aliphatic rings. The highest BCUT2D eigenvalue weighted by molar-refractivity contribution is 5.97. The zero-order chi connectivity index (χ0) is 25.3. The summed E-state index contributed by atoms with van der Waals surface area (Å²) in [5, 5.41) is 8.30. The van der Waals surface area contributed by atoms with Gasteiger partial charge in [-0.25, -0.2) is 4.79 Å². The Bertz CT molecular complexity index is 1490. The van der Waals surface area contributed by atoms with E-state index in [-0.39, 0.29) is 12.6 Å². The fraction of sp³-hybridized carbons (Fsp3) is 0.346. The number of rotatable bonds is 6. The lowest BCUT2D eigenvalue weighted by molar-refractivity contribution is 0.0232. The van der Waals surface area contributed by atoms with E-state index in [9.17, 15) is 4.79 Å². The van der Waals surface area contributed by atoms with Crippen molar-refractivity contribution in [1.29, 1.82) is 0 Å². The summed E-state index contributed by atoms with van der Waals surface area (Å²) >= 11 is 0. The molecule has 0 unspecified atom stereocenters. The largest absolute Gasteiger partial charge is 0.443 e. The van der Waals surface area contributed by atoms with Crippen LogP contribution < -0.4 is 5.32 Å². The number of nitrogens with zero attached hydrogens (tertiary/aromatic N) is 7. The van der Waals surface area contributed by atoms with Crippen molar-refractivity contribution >= 4 is 33.7 Å². The van der Waals surface area contributed by atoms with Gasteiger partial charge in [0.15, 0.2) is 0 Å². The Hall–Kier alpha value is -4.30. The molecule has 1 amide bonds. The number of aromatic nitrogens is 3. The SMILES string of the molecule is Cn1ccc2ccc(-c3cc(N[C@H]4CCN(C(=O)OC(C)(C)CN=[N+]=[N-])C4)cc4nccnc34)cc21. The number of carbonyl (C=O) groups is 1. The number of benzene rings is 2. The van der Waals surface area contributed by atoms with E-state index in [4.69, 9.17) is 10.3 Å². The molecular weight excluding hydrogens is 456 g/mol. The molecule has 0 bridgehead atoms. The molecule has 184 valence electrons. The molecule has 0 saturated carbocycles. The fourth-order valence-corrected chi connectivity index (χ4v) is 4.62. The maximum atomic E-state index is 12.7. The number of aryl methyl sites for hydroxylation is 1. The summed E-state index contributed by atoms with van der Waals surface area (Å²) in [4.78, 5) is 26.3. The van der Waals surface area contributed by atoms with E-state index in [0.29, 0.717) is 13.1 Å². The normalized spacial score (nSPS) is 15.8. The summed E-state index contributed by atoms with van der Waals surface area (Å²) in [6.45, 7) is 4.64. The van der Waals surface area contributed by atoms with Crippen LogP contribution in [0, 0.1) is 0 Å². The van der Waals surface area contributed by atoms with Crippen LogP contribution in [0.2, 0.25) is 0 Å². The highest BCUT2D eigenvalue weighted by Crippen LogP contribution is 2.33. The average Bonchev–Trinajstić information content (AvgIpc) is 3.48. The van der Waals surface area contributed by atoms with Crippen molar-refractivity contribution in [2.24, 2.45) is 12.2 Å². The van der Waals surface area contributed by atoms with Crippen molar-refractivity contribution in [2.45, 2.75) is 31.9 Å². The highest BCUT2D eigenvalue weighted by Gasteiger charge is 2.31. The predicted molar refractivity (Wildman–Crippen MR) is 140 cm³/mol. The van der Waals surface area contributed by atoms with E-state index in [2.05, 4.69) is 66.4 Å². The molecule has 5 rings (SSSR count). The van der Waals surface area contributed by atoms with Crippen LogP contribution in [0.1, 0.15) is 20.3 Å². The van der Waals surface area contributed by atoms with Crippen molar-refractivity contribution < 1.29 is 9.53 Å². The van der Waals surface area contributed by atoms with Crippen LogP contribution in [0.4, 0.5) is 10.5 Å². The minimum absolute atomic E-state index is 0.0649. The van der Waals surface area contributed by atoms with Crippen LogP contribution in [-0.4, -0.2) is 56.8 Å². The minimum Gasteiger partial charge on any atom is -0.443 e. The number of azide groups is 1. The number of nitrogens with one attached hydrogen (secondary N) is 1.